The Hall–Kier alpha value is -2.14. The fourth-order valence-corrected chi connectivity index (χ4v) is 4.67. The van der Waals surface area contributed by atoms with Crippen molar-refractivity contribution < 1.29 is 4.39 Å². The van der Waals surface area contributed by atoms with E-state index in [-0.39, 0.29) is 17.4 Å². The number of hydrogen-bond donors (Lipinski definition) is 0. The maximum absolute atomic E-state index is 13.5. The van der Waals surface area contributed by atoms with E-state index in [1.165, 1.54) is 30.3 Å². The number of thioether (sulfide) groups is 1. The molecule has 1 aliphatic carbocycles. The molecule has 0 aliphatic heterocycles. The van der Waals surface area contributed by atoms with Gasteiger partial charge in [-0.2, -0.15) is 0 Å². The number of fused-ring (bicyclic) bond motifs is 1. The van der Waals surface area contributed by atoms with Crippen molar-refractivity contribution in [3.05, 3.63) is 70.3 Å². The van der Waals surface area contributed by atoms with Crippen molar-refractivity contribution in [2.24, 2.45) is 0 Å². The standard InChI is InChI=1S/C21H21FN2OS/c22-16-8-6-7-15(13-16)14-26-21-23-19-12-5-4-11-18(19)20(25)24(21)17-9-2-1-3-10-17/h4-8,11-13,17H,1-3,9-10,14H2. The Kier molecular flexibility index (Phi) is 5.07. The van der Waals surface area contributed by atoms with Crippen molar-refractivity contribution in [3.8, 4) is 0 Å². The van der Waals surface area contributed by atoms with Gasteiger partial charge in [-0.25, -0.2) is 9.37 Å². The summed E-state index contributed by atoms with van der Waals surface area (Å²) in [6.45, 7) is 0. The summed E-state index contributed by atoms with van der Waals surface area (Å²) >= 11 is 1.52. The van der Waals surface area contributed by atoms with Crippen LogP contribution < -0.4 is 5.56 Å². The van der Waals surface area contributed by atoms with Gasteiger partial charge in [0.05, 0.1) is 10.9 Å². The van der Waals surface area contributed by atoms with E-state index in [2.05, 4.69) is 0 Å². The van der Waals surface area contributed by atoms with Crippen LogP contribution in [0.4, 0.5) is 4.39 Å². The predicted octanol–water partition coefficient (Wildman–Crippen LogP) is 5.33. The fraction of sp³-hybridized carbons (Fsp3) is 0.333. The molecule has 4 rings (SSSR count). The van der Waals surface area contributed by atoms with Gasteiger partial charge in [-0.05, 0) is 42.7 Å². The van der Waals surface area contributed by atoms with E-state index in [1.54, 1.807) is 6.07 Å². The number of para-hydroxylation sites is 1. The zero-order valence-electron chi connectivity index (χ0n) is 14.5. The van der Waals surface area contributed by atoms with E-state index >= 15 is 0 Å². The molecule has 5 heteroatoms. The maximum atomic E-state index is 13.5. The lowest BCUT2D eigenvalue weighted by molar-refractivity contribution is 0.326. The van der Waals surface area contributed by atoms with Gasteiger partial charge in [0.25, 0.3) is 5.56 Å². The molecule has 0 unspecified atom stereocenters. The van der Waals surface area contributed by atoms with Crippen LogP contribution in [0.5, 0.6) is 0 Å². The van der Waals surface area contributed by atoms with Crippen molar-refractivity contribution in [1.29, 1.82) is 0 Å². The molecule has 0 saturated heterocycles. The summed E-state index contributed by atoms with van der Waals surface area (Å²) in [6, 6.07) is 14.3. The molecule has 26 heavy (non-hydrogen) atoms. The second-order valence-electron chi connectivity index (χ2n) is 6.80. The van der Waals surface area contributed by atoms with Crippen LogP contribution in [0.3, 0.4) is 0 Å². The van der Waals surface area contributed by atoms with Gasteiger partial charge in [0.2, 0.25) is 0 Å². The Balaban J connectivity index is 1.74. The van der Waals surface area contributed by atoms with E-state index < -0.39 is 0 Å². The zero-order chi connectivity index (χ0) is 17.9. The molecule has 0 radical (unpaired) electrons. The van der Waals surface area contributed by atoms with Crippen molar-refractivity contribution in [1.82, 2.24) is 9.55 Å². The third-order valence-electron chi connectivity index (χ3n) is 4.97. The quantitative estimate of drug-likeness (QED) is 0.461. The molecule has 3 aromatic rings. The first-order valence-corrected chi connectivity index (χ1v) is 10.1. The Morgan fingerprint density at radius 3 is 2.69 bits per heavy atom. The molecule has 2 aromatic carbocycles. The summed E-state index contributed by atoms with van der Waals surface area (Å²) in [5, 5.41) is 1.41. The number of aromatic nitrogens is 2. The van der Waals surface area contributed by atoms with E-state index in [1.807, 2.05) is 34.9 Å². The number of benzene rings is 2. The summed E-state index contributed by atoms with van der Waals surface area (Å²) in [5.74, 6) is 0.356. The lowest BCUT2D eigenvalue weighted by atomic mass is 9.95. The van der Waals surface area contributed by atoms with Gasteiger partial charge in [0.1, 0.15) is 5.82 Å². The van der Waals surface area contributed by atoms with Gasteiger partial charge in [0.15, 0.2) is 5.16 Å². The minimum Gasteiger partial charge on any atom is -0.284 e. The van der Waals surface area contributed by atoms with Crippen molar-refractivity contribution in [3.63, 3.8) is 0 Å². The molecule has 1 heterocycles. The normalized spacial score (nSPS) is 15.4. The highest BCUT2D eigenvalue weighted by Crippen LogP contribution is 2.32. The Labute approximate surface area is 156 Å². The second kappa shape index (κ2) is 7.62. The number of rotatable bonds is 4. The summed E-state index contributed by atoms with van der Waals surface area (Å²) in [6.07, 6.45) is 5.58. The van der Waals surface area contributed by atoms with Crippen LogP contribution in [0, 0.1) is 5.82 Å². The van der Waals surface area contributed by atoms with E-state index in [9.17, 15) is 9.18 Å². The summed E-state index contributed by atoms with van der Waals surface area (Å²) in [5.41, 5.74) is 1.67. The van der Waals surface area contributed by atoms with E-state index in [4.69, 9.17) is 4.98 Å². The average Bonchev–Trinajstić information content (AvgIpc) is 2.67. The first kappa shape index (κ1) is 17.3. The van der Waals surface area contributed by atoms with Crippen LogP contribution in [-0.2, 0) is 5.75 Å². The number of hydrogen-bond acceptors (Lipinski definition) is 3. The Morgan fingerprint density at radius 2 is 1.88 bits per heavy atom. The average molecular weight is 368 g/mol. The van der Waals surface area contributed by atoms with Crippen LogP contribution in [0.25, 0.3) is 10.9 Å². The largest absolute Gasteiger partial charge is 0.284 e. The minimum absolute atomic E-state index is 0.0456. The van der Waals surface area contributed by atoms with Crippen molar-refractivity contribution >= 4 is 22.7 Å². The molecule has 1 saturated carbocycles. The molecular formula is C21H21FN2OS. The summed E-state index contributed by atoms with van der Waals surface area (Å²) < 4.78 is 15.3. The molecule has 0 amide bonds. The van der Waals surface area contributed by atoms with Crippen LogP contribution in [0.2, 0.25) is 0 Å². The molecule has 0 spiro atoms. The lowest BCUT2D eigenvalue weighted by Gasteiger charge is -2.26. The molecule has 1 fully saturated rings. The summed E-state index contributed by atoms with van der Waals surface area (Å²) in [4.78, 5) is 17.9. The van der Waals surface area contributed by atoms with Gasteiger partial charge in [0, 0.05) is 11.8 Å². The van der Waals surface area contributed by atoms with E-state index in [0.29, 0.717) is 11.1 Å². The fourth-order valence-electron chi connectivity index (χ4n) is 3.66. The van der Waals surface area contributed by atoms with Gasteiger partial charge in [-0.15, -0.1) is 0 Å². The molecule has 1 aliphatic rings. The molecule has 0 bridgehead atoms. The van der Waals surface area contributed by atoms with Crippen molar-refractivity contribution in [2.45, 2.75) is 49.1 Å². The second-order valence-corrected chi connectivity index (χ2v) is 7.74. The zero-order valence-corrected chi connectivity index (χ0v) is 15.3. The molecule has 3 nitrogen and oxygen atoms in total. The molecule has 0 atom stereocenters. The highest BCUT2D eigenvalue weighted by molar-refractivity contribution is 7.98. The number of halogens is 1. The Bertz CT molecular complexity index is 979. The minimum atomic E-state index is -0.237. The smallest absolute Gasteiger partial charge is 0.262 e. The third-order valence-corrected chi connectivity index (χ3v) is 6.00. The SMILES string of the molecule is O=c1c2ccccc2nc(SCc2cccc(F)c2)n1C1CCCCC1. The first-order chi connectivity index (χ1) is 12.7. The van der Waals surface area contributed by atoms with Crippen LogP contribution in [0.15, 0.2) is 58.5 Å². The topological polar surface area (TPSA) is 34.9 Å². The van der Waals surface area contributed by atoms with Crippen LogP contribution in [-0.4, -0.2) is 9.55 Å². The van der Waals surface area contributed by atoms with Crippen molar-refractivity contribution in [2.75, 3.05) is 0 Å². The third kappa shape index (κ3) is 3.54. The first-order valence-electron chi connectivity index (χ1n) is 9.11. The highest BCUT2D eigenvalue weighted by Gasteiger charge is 2.21. The van der Waals surface area contributed by atoms with Gasteiger partial charge >= 0.3 is 0 Å². The lowest BCUT2D eigenvalue weighted by Crippen LogP contribution is -2.29. The van der Waals surface area contributed by atoms with Gasteiger partial charge in [-0.3, -0.25) is 9.36 Å². The van der Waals surface area contributed by atoms with Gasteiger partial charge in [-0.1, -0.05) is 55.3 Å². The number of nitrogens with zero attached hydrogens (tertiary/aromatic N) is 2. The van der Waals surface area contributed by atoms with Crippen LogP contribution in [0.1, 0.15) is 43.7 Å². The monoisotopic (exact) mass is 368 g/mol. The highest BCUT2D eigenvalue weighted by atomic mass is 32.2. The van der Waals surface area contributed by atoms with Crippen LogP contribution >= 0.6 is 11.8 Å². The molecular weight excluding hydrogens is 347 g/mol. The summed E-state index contributed by atoms with van der Waals surface area (Å²) in [7, 11) is 0. The van der Waals surface area contributed by atoms with E-state index in [0.717, 1.165) is 41.9 Å². The van der Waals surface area contributed by atoms with Gasteiger partial charge < -0.3 is 0 Å². The maximum Gasteiger partial charge on any atom is 0.262 e. The Morgan fingerprint density at radius 1 is 1.08 bits per heavy atom. The molecule has 1 aromatic heterocycles. The molecule has 0 N–H and O–H groups in total. The predicted molar refractivity (Wildman–Crippen MR) is 104 cm³/mol. The molecule has 134 valence electrons.